The second-order valence-electron chi connectivity index (χ2n) is 2.38. The fourth-order valence-electron chi connectivity index (χ4n) is 1.06. The molecule has 0 spiro atoms. The maximum absolute atomic E-state index is 10.8. The van der Waals surface area contributed by atoms with Crippen molar-refractivity contribution in [3.8, 4) is 0 Å². The summed E-state index contributed by atoms with van der Waals surface area (Å²) in [6.07, 6.45) is 3.20. The molecule has 4 heteroatoms. The molecule has 0 saturated heterocycles. The van der Waals surface area contributed by atoms with Crippen LogP contribution in [0.25, 0.3) is 0 Å². The van der Waals surface area contributed by atoms with E-state index in [0.717, 1.165) is 0 Å². The monoisotopic (exact) mass is 155 g/mol. The predicted octanol–water partition coefficient (Wildman–Crippen LogP) is -0.142. The maximum atomic E-state index is 10.8. The average Bonchev–Trinajstić information content (AvgIpc) is 2.32. The number of carboxylic acid groups (broad SMARTS) is 1. The fourth-order valence-corrected chi connectivity index (χ4v) is 1.06. The Balaban J connectivity index is 2.71. The van der Waals surface area contributed by atoms with Gasteiger partial charge >= 0.3 is 5.97 Å². The molecule has 4 nitrogen and oxygen atoms in total. The minimum Gasteiger partial charge on any atom is -0.479 e. The third kappa shape index (κ3) is 1.39. The highest BCUT2D eigenvalue weighted by Gasteiger charge is 2.27. The summed E-state index contributed by atoms with van der Waals surface area (Å²) >= 11 is 0. The first-order chi connectivity index (χ1) is 5.13. The van der Waals surface area contributed by atoms with Crippen molar-refractivity contribution in [3.05, 3.63) is 12.2 Å². The van der Waals surface area contributed by atoms with E-state index in [0.29, 0.717) is 6.54 Å². The Bertz CT molecular complexity index is 222. The highest BCUT2D eigenvalue weighted by molar-refractivity contribution is 5.84. The van der Waals surface area contributed by atoms with E-state index >= 15 is 0 Å². The van der Waals surface area contributed by atoms with Crippen molar-refractivity contribution in [3.63, 3.8) is 0 Å². The first kappa shape index (κ1) is 7.78. The lowest BCUT2D eigenvalue weighted by atomic mass is 10.3. The highest BCUT2D eigenvalue weighted by Crippen LogP contribution is 2.09. The summed E-state index contributed by atoms with van der Waals surface area (Å²) in [5.74, 6) is -1.18. The van der Waals surface area contributed by atoms with Crippen molar-refractivity contribution < 1.29 is 14.7 Å². The van der Waals surface area contributed by atoms with Gasteiger partial charge in [-0.3, -0.25) is 4.79 Å². The molecule has 0 aromatic heterocycles. The standard InChI is InChI=1S/C7H9NO3/c1-5(9)8-4-2-3-6(8)7(10)11/h2-3,6H,4H2,1H3,(H,10,11)/t6-/m0/s1. The van der Waals surface area contributed by atoms with E-state index in [2.05, 4.69) is 0 Å². The van der Waals surface area contributed by atoms with Gasteiger partial charge in [-0.25, -0.2) is 4.79 Å². The summed E-state index contributed by atoms with van der Waals surface area (Å²) in [7, 11) is 0. The van der Waals surface area contributed by atoms with Crippen molar-refractivity contribution in [1.29, 1.82) is 0 Å². The average molecular weight is 155 g/mol. The van der Waals surface area contributed by atoms with Crippen LogP contribution in [0.1, 0.15) is 6.92 Å². The molecule has 0 saturated carbocycles. The van der Waals surface area contributed by atoms with Crippen LogP contribution in [-0.4, -0.2) is 34.5 Å². The summed E-state index contributed by atoms with van der Waals surface area (Å²) < 4.78 is 0. The lowest BCUT2D eigenvalue weighted by molar-refractivity contribution is -0.146. The Kier molecular flexibility index (Phi) is 1.94. The first-order valence-electron chi connectivity index (χ1n) is 3.29. The molecule has 1 aliphatic heterocycles. The third-order valence-electron chi connectivity index (χ3n) is 1.61. The Hall–Kier alpha value is -1.32. The molecular formula is C7H9NO3. The smallest absolute Gasteiger partial charge is 0.330 e. The molecule has 1 rings (SSSR count). The number of rotatable bonds is 1. The topological polar surface area (TPSA) is 57.6 Å². The van der Waals surface area contributed by atoms with Crippen molar-refractivity contribution >= 4 is 11.9 Å². The maximum Gasteiger partial charge on any atom is 0.330 e. The molecule has 1 N–H and O–H groups in total. The number of carbonyl (C=O) groups is 2. The number of carboxylic acids is 1. The van der Waals surface area contributed by atoms with E-state index in [1.165, 1.54) is 17.9 Å². The van der Waals surface area contributed by atoms with Crippen LogP contribution in [0, 0.1) is 0 Å². The summed E-state index contributed by atoms with van der Waals surface area (Å²) in [4.78, 5) is 22.5. The normalized spacial score (nSPS) is 22.3. The molecule has 60 valence electrons. The summed E-state index contributed by atoms with van der Waals surface area (Å²) in [6.45, 7) is 1.77. The molecule has 11 heavy (non-hydrogen) atoms. The van der Waals surface area contributed by atoms with Crippen LogP contribution in [0.2, 0.25) is 0 Å². The van der Waals surface area contributed by atoms with Gasteiger partial charge in [-0.15, -0.1) is 0 Å². The zero-order valence-electron chi connectivity index (χ0n) is 6.15. The lowest BCUT2D eigenvalue weighted by Gasteiger charge is -2.18. The molecule has 1 amide bonds. The highest BCUT2D eigenvalue weighted by atomic mass is 16.4. The van der Waals surface area contributed by atoms with Crippen LogP contribution in [-0.2, 0) is 9.59 Å². The van der Waals surface area contributed by atoms with E-state index in [-0.39, 0.29) is 5.91 Å². The second kappa shape index (κ2) is 2.74. The van der Waals surface area contributed by atoms with E-state index in [1.807, 2.05) is 0 Å². The van der Waals surface area contributed by atoms with Gasteiger partial charge in [-0.05, 0) is 0 Å². The molecule has 1 aliphatic rings. The lowest BCUT2D eigenvalue weighted by Crippen LogP contribution is -2.39. The fraction of sp³-hybridized carbons (Fsp3) is 0.429. The second-order valence-corrected chi connectivity index (χ2v) is 2.38. The van der Waals surface area contributed by atoms with Crippen LogP contribution < -0.4 is 0 Å². The molecular weight excluding hydrogens is 146 g/mol. The first-order valence-corrected chi connectivity index (χ1v) is 3.29. The Labute approximate surface area is 64.1 Å². The molecule has 0 unspecified atom stereocenters. The summed E-state index contributed by atoms with van der Waals surface area (Å²) in [6, 6.07) is -0.757. The molecule has 0 bridgehead atoms. The summed E-state index contributed by atoms with van der Waals surface area (Å²) in [5.41, 5.74) is 0. The molecule has 0 aromatic rings. The molecule has 0 aliphatic carbocycles. The minimum atomic E-state index is -0.978. The zero-order valence-corrected chi connectivity index (χ0v) is 6.15. The third-order valence-corrected chi connectivity index (χ3v) is 1.61. The number of nitrogens with zero attached hydrogens (tertiary/aromatic N) is 1. The van der Waals surface area contributed by atoms with Gasteiger partial charge in [0.15, 0.2) is 0 Å². The van der Waals surface area contributed by atoms with Crippen LogP contribution in [0.3, 0.4) is 0 Å². The van der Waals surface area contributed by atoms with Gasteiger partial charge in [0, 0.05) is 13.5 Å². The molecule has 0 radical (unpaired) electrons. The number of amides is 1. The Morgan fingerprint density at radius 1 is 1.64 bits per heavy atom. The SMILES string of the molecule is CC(=O)N1CC=C[C@H]1C(=O)O. The molecule has 1 atom stereocenters. The van der Waals surface area contributed by atoms with Gasteiger partial charge in [-0.1, -0.05) is 12.2 Å². The molecule has 0 fully saturated rings. The van der Waals surface area contributed by atoms with Crippen molar-refractivity contribution in [2.45, 2.75) is 13.0 Å². The van der Waals surface area contributed by atoms with Gasteiger partial charge in [0.25, 0.3) is 0 Å². The van der Waals surface area contributed by atoms with Crippen molar-refractivity contribution in [2.24, 2.45) is 0 Å². The number of aliphatic carboxylic acids is 1. The minimum absolute atomic E-state index is 0.206. The summed E-state index contributed by atoms with van der Waals surface area (Å²) in [5, 5.41) is 8.59. The quantitative estimate of drug-likeness (QED) is 0.536. The zero-order chi connectivity index (χ0) is 8.43. The van der Waals surface area contributed by atoms with E-state index < -0.39 is 12.0 Å². The number of carbonyl (C=O) groups excluding carboxylic acids is 1. The van der Waals surface area contributed by atoms with E-state index in [9.17, 15) is 9.59 Å². The molecule has 1 heterocycles. The van der Waals surface area contributed by atoms with Crippen molar-refractivity contribution in [1.82, 2.24) is 4.90 Å². The number of hydrogen-bond acceptors (Lipinski definition) is 2. The molecule has 0 aromatic carbocycles. The van der Waals surface area contributed by atoms with Crippen LogP contribution in [0.15, 0.2) is 12.2 Å². The largest absolute Gasteiger partial charge is 0.479 e. The van der Waals surface area contributed by atoms with Crippen molar-refractivity contribution in [2.75, 3.05) is 6.54 Å². The van der Waals surface area contributed by atoms with Gasteiger partial charge < -0.3 is 10.0 Å². The predicted molar refractivity (Wildman–Crippen MR) is 38.0 cm³/mol. The van der Waals surface area contributed by atoms with Gasteiger partial charge in [0.2, 0.25) is 5.91 Å². The van der Waals surface area contributed by atoms with E-state index in [1.54, 1.807) is 6.08 Å². The van der Waals surface area contributed by atoms with Crippen LogP contribution in [0.4, 0.5) is 0 Å². The van der Waals surface area contributed by atoms with Gasteiger partial charge in [0.1, 0.15) is 6.04 Å². The van der Waals surface area contributed by atoms with Crippen LogP contribution in [0.5, 0.6) is 0 Å². The van der Waals surface area contributed by atoms with Gasteiger partial charge in [-0.2, -0.15) is 0 Å². The van der Waals surface area contributed by atoms with Gasteiger partial charge in [0.05, 0.1) is 0 Å². The Morgan fingerprint density at radius 2 is 2.27 bits per heavy atom. The van der Waals surface area contributed by atoms with E-state index in [4.69, 9.17) is 5.11 Å². The Morgan fingerprint density at radius 3 is 2.64 bits per heavy atom. The number of hydrogen-bond donors (Lipinski definition) is 1. The van der Waals surface area contributed by atoms with Crippen LogP contribution >= 0.6 is 0 Å².